The van der Waals surface area contributed by atoms with Gasteiger partial charge in [-0.15, -0.1) is 0 Å². The van der Waals surface area contributed by atoms with Gasteiger partial charge in [0.25, 0.3) is 0 Å². The van der Waals surface area contributed by atoms with Gasteiger partial charge in [-0.25, -0.2) is 0 Å². The number of allylic oxidation sites excluding steroid dienone is 1. The van der Waals surface area contributed by atoms with Crippen LogP contribution in [0.25, 0.3) is 10.9 Å². The van der Waals surface area contributed by atoms with E-state index in [2.05, 4.69) is 30.2 Å². The van der Waals surface area contributed by atoms with Crippen molar-refractivity contribution in [2.45, 2.75) is 46.7 Å². The summed E-state index contributed by atoms with van der Waals surface area (Å²) in [6, 6.07) is 14.0. The van der Waals surface area contributed by atoms with E-state index in [4.69, 9.17) is 21.2 Å². The highest BCUT2D eigenvalue weighted by molar-refractivity contribution is 6.05. The Labute approximate surface area is 224 Å². The fourth-order valence-electron chi connectivity index (χ4n) is 5.99. The zero-order chi connectivity index (χ0) is 27.6. The number of aromatic nitrogens is 1. The van der Waals surface area contributed by atoms with E-state index in [1.165, 1.54) is 6.08 Å². The number of rotatable bonds is 10. The molecule has 1 aliphatic rings. The number of fused-ring (bicyclic) bond motifs is 1. The number of aryl methyl sites for hydroxylation is 1. The van der Waals surface area contributed by atoms with Gasteiger partial charge >= 0.3 is 0 Å². The summed E-state index contributed by atoms with van der Waals surface area (Å²) >= 11 is 0. The molecule has 0 saturated carbocycles. The maximum atomic E-state index is 13.3. The molecule has 0 saturated heterocycles. The lowest BCUT2D eigenvalue weighted by atomic mass is 9.67. The molecule has 0 bridgehead atoms. The molecule has 2 atom stereocenters. The second-order valence-corrected chi connectivity index (χ2v) is 9.37. The van der Waals surface area contributed by atoms with Crippen molar-refractivity contribution in [3.05, 3.63) is 70.9 Å². The van der Waals surface area contributed by atoms with Crippen molar-refractivity contribution in [2.75, 3.05) is 24.6 Å². The Balaban J connectivity index is 2.18. The molecule has 3 aromatic rings. The molecule has 2 aromatic carbocycles. The number of nitrogens with two attached hydrogens (primary N) is 2. The maximum Gasteiger partial charge on any atom is 0.245 e. The van der Waals surface area contributed by atoms with Crippen molar-refractivity contribution < 1.29 is 14.3 Å². The Morgan fingerprint density at radius 2 is 1.79 bits per heavy atom. The molecule has 2 amide bonds. The number of hydrogen-bond donors (Lipinski definition) is 2. The predicted octanol–water partition coefficient (Wildman–Crippen LogP) is 4.06. The van der Waals surface area contributed by atoms with Gasteiger partial charge in [-0.05, 0) is 52.8 Å². The number of para-hydroxylation sites is 1. The fourth-order valence-corrected chi connectivity index (χ4v) is 5.99. The minimum absolute atomic E-state index is 0.121. The Hall–Kier alpha value is -4.07. The van der Waals surface area contributed by atoms with Crippen LogP contribution in [-0.2, 0) is 21.7 Å². The highest BCUT2D eigenvalue weighted by atomic mass is 16.5. The third-order valence-electron chi connectivity index (χ3n) is 7.56. The molecule has 0 fully saturated rings. The topological polar surface area (TPSA) is 116 Å². The molecule has 0 radical (unpaired) electrons. The number of hydrogen-bond acceptors (Lipinski definition) is 5. The van der Waals surface area contributed by atoms with Crippen LogP contribution >= 0.6 is 0 Å². The standard InChI is InChI=1S/C30H37N5O3/c1-6-34(7-2)20-14-15-23(25(18-20)38-9-4)30(27(29(32)37)22(28(31)36)16-17-33-30)26-19(5)35(8-3)24-13-11-10-12-21(24)26/h10-18,27H,6-9H2,1-5H3,(H2,31,36)(H2,32,37). The number of aliphatic imine (C=N–C) groups is 1. The van der Waals surface area contributed by atoms with Gasteiger partial charge < -0.3 is 25.7 Å². The third-order valence-corrected chi connectivity index (χ3v) is 7.56. The number of carbonyl (C=O) groups is 2. The summed E-state index contributed by atoms with van der Waals surface area (Å²) < 4.78 is 8.42. The number of amides is 2. The maximum absolute atomic E-state index is 13.3. The summed E-state index contributed by atoms with van der Waals surface area (Å²) in [5.41, 5.74) is 15.1. The number of nitrogens with zero attached hydrogens (tertiary/aromatic N) is 3. The molecule has 38 heavy (non-hydrogen) atoms. The molecule has 4 N–H and O–H groups in total. The Morgan fingerprint density at radius 3 is 2.39 bits per heavy atom. The van der Waals surface area contributed by atoms with Crippen LogP contribution in [0.3, 0.4) is 0 Å². The van der Waals surface area contributed by atoms with E-state index in [-0.39, 0.29) is 5.57 Å². The molecule has 8 nitrogen and oxygen atoms in total. The second-order valence-electron chi connectivity index (χ2n) is 9.37. The summed E-state index contributed by atoms with van der Waals surface area (Å²) in [6.07, 6.45) is 3.06. The minimum Gasteiger partial charge on any atom is -0.493 e. The van der Waals surface area contributed by atoms with Gasteiger partial charge in [0.2, 0.25) is 11.8 Å². The molecule has 200 valence electrons. The van der Waals surface area contributed by atoms with E-state index in [9.17, 15) is 9.59 Å². The van der Waals surface area contributed by atoms with Crippen LogP contribution < -0.4 is 21.1 Å². The van der Waals surface area contributed by atoms with Gasteiger partial charge in [0.05, 0.1) is 6.61 Å². The lowest BCUT2D eigenvalue weighted by molar-refractivity contribution is -0.125. The quantitative estimate of drug-likeness (QED) is 0.424. The van der Waals surface area contributed by atoms with E-state index in [0.717, 1.165) is 40.9 Å². The summed E-state index contributed by atoms with van der Waals surface area (Å²) in [5.74, 6) is -1.95. The lowest BCUT2D eigenvalue weighted by Crippen LogP contribution is -2.48. The van der Waals surface area contributed by atoms with Crippen LogP contribution in [0.1, 0.15) is 44.5 Å². The number of anilines is 1. The molecule has 8 heteroatoms. The molecule has 2 heterocycles. The summed E-state index contributed by atoms with van der Waals surface area (Å²) in [4.78, 5) is 33.3. The number of dihydropyridines is 1. The number of ether oxygens (including phenoxy) is 1. The van der Waals surface area contributed by atoms with Crippen molar-refractivity contribution in [2.24, 2.45) is 22.4 Å². The van der Waals surface area contributed by atoms with Gasteiger partial charge in [0, 0.05) is 70.9 Å². The first kappa shape index (κ1) is 27.0. The van der Waals surface area contributed by atoms with Crippen molar-refractivity contribution >= 4 is 34.6 Å². The van der Waals surface area contributed by atoms with Crippen molar-refractivity contribution in [1.82, 2.24) is 4.57 Å². The number of carbonyl (C=O) groups excluding carboxylic acids is 2. The van der Waals surface area contributed by atoms with Crippen LogP contribution in [-0.4, -0.2) is 42.3 Å². The van der Waals surface area contributed by atoms with E-state index in [1.807, 2.05) is 56.3 Å². The van der Waals surface area contributed by atoms with Gasteiger partial charge in [0.15, 0.2) is 0 Å². The average molecular weight is 516 g/mol. The Kier molecular flexibility index (Phi) is 7.62. The van der Waals surface area contributed by atoms with Crippen LogP contribution in [0.15, 0.2) is 59.1 Å². The zero-order valence-electron chi connectivity index (χ0n) is 22.8. The van der Waals surface area contributed by atoms with E-state index >= 15 is 0 Å². The largest absolute Gasteiger partial charge is 0.493 e. The van der Waals surface area contributed by atoms with Gasteiger partial charge in [-0.1, -0.05) is 24.3 Å². The zero-order valence-corrected chi connectivity index (χ0v) is 22.8. The van der Waals surface area contributed by atoms with E-state index in [1.54, 1.807) is 6.21 Å². The number of benzene rings is 2. The van der Waals surface area contributed by atoms with Crippen molar-refractivity contribution in [3.8, 4) is 5.75 Å². The Bertz CT molecular complexity index is 1430. The van der Waals surface area contributed by atoms with Crippen molar-refractivity contribution in [3.63, 3.8) is 0 Å². The highest BCUT2D eigenvalue weighted by Gasteiger charge is 2.53. The second kappa shape index (κ2) is 10.7. The summed E-state index contributed by atoms with van der Waals surface area (Å²) in [5, 5.41) is 0.927. The molecular weight excluding hydrogens is 478 g/mol. The number of primary amides is 2. The Morgan fingerprint density at radius 1 is 1.08 bits per heavy atom. The van der Waals surface area contributed by atoms with Gasteiger partial charge in [0.1, 0.15) is 17.2 Å². The minimum atomic E-state index is -1.37. The average Bonchev–Trinajstić information content (AvgIpc) is 3.20. The monoisotopic (exact) mass is 515 g/mol. The van der Waals surface area contributed by atoms with Crippen LogP contribution in [0.2, 0.25) is 0 Å². The van der Waals surface area contributed by atoms with Crippen LogP contribution in [0.5, 0.6) is 5.75 Å². The van der Waals surface area contributed by atoms with Crippen LogP contribution in [0, 0.1) is 12.8 Å². The molecule has 2 unspecified atom stereocenters. The highest BCUT2D eigenvalue weighted by Crippen LogP contribution is 2.52. The van der Waals surface area contributed by atoms with E-state index in [0.29, 0.717) is 24.5 Å². The van der Waals surface area contributed by atoms with Crippen molar-refractivity contribution in [1.29, 1.82) is 0 Å². The van der Waals surface area contributed by atoms with Crippen LogP contribution in [0.4, 0.5) is 5.69 Å². The molecule has 1 aliphatic heterocycles. The smallest absolute Gasteiger partial charge is 0.245 e. The normalized spacial score (nSPS) is 18.9. The van der Waals surface area contributed by atoms with Gasteiger partial charge in [-0.2, -0.15) is 0 Å². The van der Waals surface area contributed by atoms with E-state index < -0.39 is 23.3 Å². The summed E-state index contributed by atoms with van der Waals surface area (Å²) in [7, 11) is 0. The molecule has 0 spiro atoms. The molecular formula is C30H37N5O3. The first-order valence-corrected chi connectivity index (χ1v) is 13.2. The first-order valence-electron chi connectivity index (χ1n) is 13.2. The SMILES string of the molecule is CCOc1cc(N(CC)CC)ccc1C1(c2c(C)n(CC)c3ccccc23)N=CC=C(C(N)=O)C1C(N)=O. The third kappa shape index (κ3) is 4.14. The molecule has 1 aromatic heterocycles. The lowest BCUT2D eigenvalue weighted by Gasteiger charge is -2.40. The fraction of sp³-hybridized carbons (Fsp3) is 0.367. The van der Waals surface area contributed by atoms with Gasteiger partial charge in [-0.3, -0.25) is 14.6 Å². The summed E-state index contributed by atoms with van der Waals surface area (Å²) in [6.45, 7) is 13.0. The molecule has 0 aliphatic carbocycles. The molecule has 4 rings (SSSR count). The predicted molar refractivity (Wildman–Crippen MR) is 153 cm³/mol. The first-order chi connectivity index (χ1) is 18.3.